The number of carbonyl (C=O) groups excluding carboxylic acids is 2. The zero-order valence-corrected chi connectivity index (χ0v) is 24.6. The number of sulfone groups is 1. The van der Waals surface area contributed by atoms with Crippen molar-refractivity contribution < 1.29 is 42.0 Å². The van der Waals surface area contributed by atoms with Gasteiger partial charge in [-0.3, -0.25) is 4.79 Å². The van der Waals surface area contributed by atoms with Gasteiger partial charge in [-0.1, -0.05) is 69.4 Å². The molecule has 1 fully saturated rings. The number of aryl methyl sites for hydroxylation is 1. The Morgan fingerprint density at radius 1 is 1.05 bits per heavy atom. The maximum atomic E-state index is 13.3. The Labute approximate surface area is 245 Å². The smallest absolute Gasteiger partial charge is 0.548 e. The van der Waals surface area contributed by atoms with Crippen LogP contribution >= 0.6 is 0 Å². The summed E-state index contributed by atoms with van der Waals surface area (Å²) in [6, 6.07) is 12.4. The fourth-order valence-electron chi connectivity index (χ4n) is 5.30. The molecule has 2 aromatic carbocycles. The van der Waals surface area contributed by atoms with Crippen LogP contribution in [-0.2, 0) is 21.2 Å². The van der Waals surface area contributed by atoms with E-state index >= 15 is 0 Å². The fraction of sp³-hybridized carbons (Fsp3) is 0.533. The average molecular weight is 549 g/mol. The molecule has 0 aromatic heterocycles. The Bertz CT molecular complexity index is 1210. The standard InChI is InChI=1S/C30H42N2O5S.Li/c1-4-24(18-22-11-6-5-7-12-22)31-20-23-14-15-26(27(19-23)25-13-9-8-10-21(25)2)29(33)32-28(30(34)35)16-17-38(3,36)37;/h8-10,13-15,19,22,24,28,31H,4-7,11-12,16-18,20H2,1-3H3,(H,32,33)(H,34,35);/q;+1/p-1. The summed E-state index contributed by atoms with van der Waals surface area (Å²) in [4.78, 5) is 24.9. The van der Waals surface area contributed by atoms with E-state index in [-0.39, 0.29) is 31.0 Å². The molecule has 39 heavy (non-hydrogen) atoms. The third-order valence-electron chi connectivity index (χ3n) is 7.56. The number of rotatable bonds is 13. The second kappa shape index (κ2) is 15.6. The van der Waals surface area contributed by atoms with Crippen LogP contribution in [0.25, 0.3) is 11.1 Å². The van der Waals surface area contributed by atoms with E-state index in [2.05, 4.69) is 17.6 Å². The van der Waals surface area contributed by atoms with Crippen molar-refractivity contribution in [3.8, 4) is 11.1 Å². The number of carboxylic acid groups (broad SMARTS) is 1. The zero-order chi connectivity index (χ0) is 27.7. The average Bonchev–Trinajstić information content (AvgIpc) is 2.88. The van der Waals surface area contributed by atoms with E-state index in [4.69, 9.17) is 0 Å². The molecule has 1 aliphatic carbocycles. The van der Waals surface area contributed by atoms with Gasteiger partial charge in [-0.25, -0.2) is 8.42 Å². The van der Waals surface area contributed by atoms with E-state index in [0.29, 0.717) is 23.7 Å². The Hall–Kier alpha value is -2.11. The van der Waals surface area contributed by atoms with Crippen LogP contribution in [0.1, 0.15) is 79.8 Å². The van der Waals surface area contributed by atoms with Crippen molar-refractivity contribution in [3.63, 3.8) is 0 Å². The first-order valence-corrected chi connectivity index (χ1v) is 15.7. The monoisotopic (exact) mass is 548 g/mol. The summed E-state index contributed by atoms with van der Waals surface area (Å²) in [6.45, 7) is 4.85. The molecule has 2 N–H and O–H groups in total. The molecule has 2 aromatic rings. The Kier molecular flexibility index (Phi) is 13.3. The summed E-state index contributed by atoms with van der Waals surface area (Å²) in [5, 5.41) is 17.8. The molecule has 3 rings (SSSR count). The van der Waals surface area contributed by atoms with E-state index in [9.17, 15) is 23.1 Å². The van der Waals surface area contributed by atoms with E-state index < -0.39 is 27.8 Å². The fourth-order valence-corrected chi connectivity index (χ4v) is 5.96. The van der Waals surface area contributed by atoms with Crippen molar-refractivity contribution in [1.29, 1.82) is 0 Å². The van der Waals surface area contributed by atoms with Gasteiger partial charge in [0.25, 0.3) is 5.91 Å². The molecule has 9 heteroatoms. The van der Waals surface area contributed by atoms with Crippen LogP contribution in [0.15, 0.2) is 42.5 Å². The van der Waals surface area contributed by atoms with Crippen molar-refractivity contribution in [2.45, 2.75) is 83.8 Å². The Balaban J connectivity index is 0.00000533. The molecule has 0 aliphatic heterocycles. The minimum absolute atomic E-state index is 0. The van der Waals surface area contributed by atoms with Gasteiger partial charge in [0.2, 0.25) is 0 Å². The molecule has 1 aliphatic rings. The van der Waals surface area contributed by atoms with Gasteiger partial charge < -0.3 is 20.5 Å². The van der Waals surface area contributed by atoms with Gasteiger partial charge in [-0.15, -0.1) is 0 Å². The number of amides is 1. The zero-order valence-electron chi connectivity index (χ0n) is 23.8. The van der Waals surface area contributed by atoms with Gasteiger partial charge >= 0.3 is 18.9 Å². The van der Waals surface area contributed by atoms with Crippen LogP contribution in [0, 0.1) is 12.8 Å². The first-order chi connectivity index (χ1) is 18.1. The Morgan fingerprint density at radius 2 is 1.74 bits per heavy atom. The van der Waals surface area contributed by atoms with E-state index in [0.717, 1.165) is 35.3 Å². The summed E-state index contributed by atoms with van der Waals surface area (Å²) in [7, 11) is -3.39. The van der Waals surface area contributed by atoms with Crippen LogP contribution in [0.5, 0.6) is 0 Å². The molecule has 0 radical (unpaired) electrons. The van der Waals surface area contributed by atoms with Crippen molar-refractivity contribution in [2.75, 3.05) is 12.0 Å². The summed E-state index contributed by atoms with van der Waals surface area (Å²) in [5.41, 5.74) is 3.96. The first-order valence-electron chi connectivity index (χ1n) is 13.7. The van der Waals surface area contributed by atoms with Crippen molar-refractivity contribution >= 4 is 21.7 Å². The number of hydrogen-bond donors (Lipinski definition) is 2. The number of carbonyl (C=O) groups is 2. The molecule has 0 heterocycles. The van der Waals surface area contributed by atoms with Crippen LogP contribution in [-0.4, -0.2) is 44.4 Å². The topological polar surface area (TPSA) is 115 Å². The van der Waals surface area contributed by atoms with Crippen LogP contribution in [0.3, 0.4) is 0 Å². The van der Waals surface area contributed by atoms with E-state index in [1.807, 2.05) is 43.3 Å². The number of carboxylic acids is 1. The van der Waals surface area contributed by atoms with E-state index in [1.54, 1.807) is 6.07 Å². The molecule has 0 bridgehead atoms. The van der Waals surface area contributed by atoms with Crippen LogP contribution in [0.4, 0.5) is 0 Å². The third-order valence-corrected chi connectivity index (χ3v) is 8.54. The maximum Gasteiger partial charge on any atom is 1.00 e. The predicted octanol–water partition coefficient (Wildman–Crippen LogP) is 0.788. The molecule has 2 atom stereocenters. The van der Waals surface area contributed by atoms with Gasteiger partial charge in [-0.05, 0) is 66.5 Å². The minimum atomic E-state index is -3.39. The summed E-state index contributed by atoms with van der Waals surface area (Å²) in [6.07, 6.45) is 9.65. The molecule has 208 valence electrons. The summed E-state index contributed by atoms with van der Waals surface area (Å²) < 4.78 is 23.1. The van der Waals surface area contributed by atoms with E-state index in [1.165, 1.54) is 38.5 Å². The summed E-state index contributed by atoms with van der Waals surface area (Å²) >= 11 is 0. The molecule has 1 saturated carbocycles. The van der Waals surface area contributed by atoms with Gasteiger partial charge in [0.15, 0.2) is 0 Å². The Morgan fingerprint density at radius 3 is 2.36 bits per heavy atom. The molecular formula is C30H41LiN2O5S. The maximum absolute atomic E-state index is 13.3. The number of benzene rings is 2. The van der Waals surface area contributed by atoms with Crippen molar-refractivity contribution in [1.82, 2.24) is 10.6 Å². The minimum Gasteiger partial charge on any atom is -0.548 e. The number of hydrogen-bond acceptors (Lipinski definition) is 6. The number of nitrogens with one attached hydrogen (secondary N) is 2. The first kappa shape index (κ1) is 33.1. The molecule has 0 spiro atoms. The molecule has 0 saturated heterocycles. The second-order valence-electron chi connectivity index (χ2n) is 10.7. The SMILES string of the molecule is CCC(CC1CCCCC1)NCc1ccc(C(=O)NC(CCS(C)(=O)=O)C(=O)[O-])c(-c2ccccc2C)c1.[Li+]. The van der Waals surface area contributed by atoms with Crippen LogP contribution in [0.2, 0.25) is 0 Å². The van der Waals surface area contributed by atoms with Crippen molar-refractivity contribution in [2.24, 2.45) is 5.92 Å². The number of aliphatic carboxylic acids is 1. The quantitative estimate of drug-likeness (QED) is 0.358. The van der Waals surface area contributed by atoms with Crippen LogP contribution < -0.4 is 34.6 Å². The predicted molar refractivity (Wildman–Crippen MR) is 149 cm³/mol. The summed E-state index contributed by atoms with van der Waals surface area (Å²) in [5.74, 6) is -1.66. The largest absolute Gasteiger partial charge is 1.00 e. The normalized spacial score (nSPS) is 15.7. The van der Waals surface area contributed by atoms with Crippen molar-refractivity contribution in [3.05, 3.63) is 59.2 Å². The second-order valence-corrected chi connectivity index (χ2v) is 12.9. The molecule has 7 nitrogen and oxygen atoms in total. The third kappa shape index (κ3) is 10.4. The van der Waals surface area contributed by atoms with Gasteiger partial charge in [0, 0.05) is 24.4 Å². The van der Waals surface area contributed by atoms with Gasteiger partial charge in [0.05, 0.1) is 17.8 Å². The van der Waals surface area contributed by atoms with Gasteiger partial charge in [-0.2, -0.15) is 0 Å². The molecule has 2 unspecified atom stereocenters. The molecular weight excluding hydrogens is 507 g/mol. The van der Waals surface area contributed by atoms with Gasteiger partial charge in [0.1, 0.15) is 9.84 Å². The molecule has 1 amide bonds.